The molecule has 1 N–H and O–H groups in total. The number of rotatable bonds is 4. The predicted octanol–water partition coefficient (Wildman–Crippen LogP) is 5.39. The summed E-state index contributed by atoms with van der Waals surface area (Å²) >= 11 is 6.05. The van der Waals surface area contributed by atoms with Crippen LogP contribution in [0.3, 0.4) is 0 Å². The lowest BCUT2D eigenvalue weighted by atomic mass is 9.98. The van der Waals surface area contributed by atoms with Crippen LogP contribution in [-0.2, 0) is 0 Å². The molecule has 0 saturated carbocycles. The van der Waals surface area contributed by atoms with E-state index in [9.17, 15) is 4.79 Å². The molecule has 1 unspecified atom stereocenters. The normalized spacial score (nSPS) is 16.3. The largest absolute Gasteiger partial charge is 0.478 e. The van der Waals surface area contributed by atoms with Gasteiger partial charge in [-0.05, 0) is 47.5 Å². The lowest BCUT2D eigenvalue weighted by Crippen LogP contribution is -2.18. The van der Waals surface area contributed by atoms with Gasteiger partial charge in [0.2, 0.25) is 0 Å². The van der Waals surface area contributed by atoms with Crippen LogP contribution in [-0.4, -0.2) is 16.8 Å². The third kappa shape index (κ3) is 3.57. The Morgan fingerprint density at radius 3 is 2.26 bits per heavy atom. The molecule has 1 atom stereocenters. The quantitative estimate of drug-likeness (QED) is 0.663. The van der Waals surface area contributed by atoms with E-state index in [0.29, 0.717) is 5.02 Å². The highest BCUT2D eigenvalue weighted by atomic mass is 35.5. The number of carboxylic acids is 1. The highest BCUT2D eigenvalue weighted by molar-refractivity contribution is 6.30. The van der Waals surface area contributed by atoms with E-state index in [1.807, 2.05) is 47.5 Å². The Balaban J connectivity index is 1.73. The molecule has 134 valence electrons. The minimum absolute atomic E-state index is 0.0214. The molecule has 0 amide bonds. The third-order valence-electron chi connectivity index (χ3n) is 4.65. The van der Waals surface area contributed by atoms with E-state index < -0.39 is 5.97 Å². The smallest absolute Gasteiger partial charge is 0.335 e. The van der Waals surface area contributed by atoms with Crippen LogP contribution in [0.15, 0.2) is 84.0 Å². The van der Waals surface area contributed by atoms with Gasteiger partial charge < -0.3 is 5.11 Å². The van der Waals surface area contributed by atoms with Crippen LogP contribution >= 0.6 is 11.6 Å². The van der Waals surface area contributed by atoms with Crippen LogP contribution in [0.4, 0.5) is 5.69 Å². The van der Waals surface area contributed by atoms with Gasteiger partial charge in [-0.3, -0.25) is 5.01 Å². The van der Waals surface area contributed by atoms with Crippen molar-refractivity contribution in [2.75, 3.05) is 5.01 Å². The summed E-state index contributed by atoms with van der Waals surface area (Å²) in [5.74, 6) is -0.939. The molecule has 4 rings (SSSR count). The van der Waals surface area contributed by atoms with E-state index in [2.05, 4.69) is 12.1 Å². The number of aromatic carboxylic acids is 1. The van der Waals surface area contributed by atoms with Crippen molar-refractivity contribution in [2.24, 2.45) is 5.10 Å². The standard InChI is InChI=1S/C22H17ClN2O2/c23-18-10-6-16(7-11-18)21-14-20(15-4-2-1-3-5-15)24-25(21)19-12-8-17(9-13-19)22(26)27/h1-13,21H,14H2,(H,26,27). The molecule has 0 saturated heterocycles. The second kappa shape index (κ2) is 7.25. The number of hydrazone groups is 1. The van der Waals surface area contributed by atoms with E-state index in [0.717, 1.165) is 28.9 Å². The van der Waals surface area contributed by atoms with Gasteiger partial charge >= 0.3 is 5.97 Å². The maximum atomic E-state index is 11.1. The minimum atomic E-state index is -0.939. The first-order chi connectivity index (χ1) is 13.1. The fraction of sp³-hybridized carbons (Fsp3) is 0.0909. The van der Waals surface area contributed by atoms with E-state index >= 15 is 0 Å². The highest BCUT2D eigenvalue weighted by Gasteiger charge is 2.29. The molecule has 0 bridgehead atoms. The molecule has 3 aromatic rings. The van der Waals surface area contributed by atoms with E-state index in [-0.39, 0.29) is 11.6 Å². The average molecular weight is 377 g/mol. The van der Waals surface area contributed by atoms with Crippen LogP contribution in [0.5, 0.6) is 0 Å². The zero-order chi connectivity index (χ0) is 18.8. The van der Waals surface area contributed by atoms with Gasteiger partial charge in [0, 0.05) is 11.4 Å². The van der Waals surface area contributed by atoms with Crippen molar-refractivity contribution in [3.8, 4) is 0 Å². The summed E-state index contributed by atoms with van der Waals surface area (Å²) in [6, 6.07) is 24.7. The highest BCUT2D eigenvalue weighted by Crippen LogP contribution is 2.37. The Kier molecular flexibility index (Phi) is 4.65. The number of carboxylic acid groups (broad SMARTS) is 1. The van der Waals surface area contributed by atoms with Crippen LogP contribution in [0.1, 0.15) is 33.9 Å². The molecule has 27 heavy (non-hydrogen) atoms. The summed E-state index contributed by atoms with van der Waals surface area (Å²) in [4.78, 5) is 11.1. The summed E-state index contributed by atoms with van der Waals surface area (Å²) in [5, 5.41) is 16.6. The maximum Gasteiger partial charge on any atom is 0.335 e. The van der Waals surface area contributed by atoms with Crippen molar-refractivity contribution < 1.29 is 9.90 Å². The second-order valence-corrected chi connectivity index (χ2v) is 6.82. The van der Waals surface area contributed by atoms with Crippen molar-refractivity contribution >= 4 is 29.0 Å². The molecule has 4 nitrogen and oxygen atoms in total. The van der Waals surface area contributed by atoms with Crippen molar-refractivity contribution in [1.29, 1.82) is 0 Å². The lowest BCUT2D eigenvalue weighted by molar-refractivity contribution is 0.0697. The second-order valence-electron chi connectivity index (χ2n) is 6.38. The lowest BCUT2D eigenvalue weighted by Gasteiger charge is -2.24. The van der Waals surface area contributed by atoms with Crippen molar-refractivity contribution in [3.05, 3.63) is 101 Å². The molecule has 5 heteroatoms. The van der Waals surface area contributed by atoms with Gasteiger partial charge in [0.15, 0.2) is 0 Å². The Morgan fingerprint density at radius 2 is 1.63 bits per heavy atom. The monoisotopic (exact) mass is 376 g/mol. The molecular weight excluding hydrogens is 360 g/mol. The fourth-order valence-electron chi connectivity index (χ4n) is 3.25. The average Bonchev–Trinajstić information content (AvgIpc) is 3.15. The van der Waals surface area contributed by atoms with Crippen LogP contribution < -0.4 is 5.01 Å². The molecule has 0 spiro atoms. The zero-order valence-corrected chi connectivity index (χ0v) is 15.2. The fourth-order valence-corrected chi connectivity index (χ4v) is 3.38. The Bertz CT molecular complexity index is 983. The SMILES string of the molecule is O=C(O)c1ccc(N2N=C(c3ccccc3)CC2c2ccc(Cl)cc2)cc1. The number of nitrogens with zero attached hydrogens (tertiary/aromatic N) is 2. The number of anilines is 1. The minimum Gasteiger partial charge on any atom is -0.478 e. The summed E-state index contributed by atoms with van der Waals surface area (Å²) in [6.45, 7) is 0. The summed E-state index contributed by atoms with van der Waals surface area (Å²) in [6.07, 6.45) is 0.756. The molecule has 1 aliphatic rings. The molecule has 0 radical (unpaired) electrons. The number of benzene rings is 3. The van der Waals surface area contributed by atoms with Crippen molar-refractivity contribution in [1.82, 2.24) is 0 Å². The first kappa shape index (κ1) is 17.3. The number of hydrogen-bond acceptors (Lipinski definition) is 3. The van der Waals surface area contributed by atoms with Crippen LogP contribution in [0.2, 0.25) is 5.02 Å². The zero-order valence-electron chi connectivity index (χ0n) is 14.4. The van der Waals surface area contributed by atoms with Crippen molar-refractivity contribution in [3.63, 3.8) is 0 Å². The molecule has 3 aromatic carbocycles. The summed E-state index contributed by atoms with van der Waals surface area (Å²) < 4.78 is 0. The van der Waals surface area contributed by atoms with Crippen LogP contribution in [0, 0.1) is 0 Å². The molecule has 0 fully saturated rings. The van der Waals surface area contributed by atoms with E-state index in [4.69, 9.17) is 21.8 Å². The van der Waals surface area contributed by atoms with Gasteiger partial charge in [0.1, 0.15) is 0 Å². The first-order valence-corrected chi connectivity index (χ1v) is 9.00. The summed E-state index contributed by atoms with van der Waals surface area (Å²) in [7, 11) is 0. The molecule has 0 aromatic heterocycles. The predicted molar refractivity (Wildman–Crippen MR) is 108 cm³/mol. The number of halogens is 1. The molecule has 1 aliphatic heterocycles. The first-order valence-electron chi connectivity index (χ1n) is 8.63. The third-order valence-corrected chi connectivity index (χ3v) is 4.90. The number of carbonyl (C=O) groups is 1. The Hall–Kier alpha value is -3.11. The van der Waals surface area contributed by atoms with E-state index in [1.165, 1.54) is 0 Å². The van der Waals surface area contributed by atoms with E-state index in [1.54, 1.807) is 24.3 Å². The van der Waals surface area contributed by atoms with Crippen molar-refractivity contribution in [2.45, 2.75) is 12.5 Å². The van der Waals surface area contributed by atoms with Crippen LogP contribution in [0.25, 0.3) is 0 Å². The van der Waals surface area contributed by atoms with Gasteiger partial charge in [-0.25, -0.2) is 4.79 Å². The molecular formula is C22H17ClN2O2. The topological polar surface area (TPSA) is 52.9 Å². The Labute approximate surface area is 162 Å². The maximum absolute atomic E-state index is 11.1. The van der Waals surface area contributed by atoms with Gasteiger partial charge in [-0.2, -0.15) is 5.10 Å². The molecule has 1 heterocycles. The number of hydrogen-bond donors (Lipinski definition) is 1. The Morgan fingerprint density at radius 1 is 0.963 bits per heavy atom. The molecule has 0 aliphatic carbocycles. The van der Waals surface area contributed by atoms with Gasteiger partial charge in [-0.1, -0.05) is 54.1 Å². The summed E-state index contributed by atoms with van der Waals surface area (Å²) in [5.41, 5.74) is 4.30. The van der Waals surface area contributed by atoms with Gasteiger partial charge in [-0.15, -0.1) is 0 Å². The van der Waals surface area contributed by atoms with Gasteiger partial charge in [0.25, 0.3) is 0 Å². The van der Waals surface area contributed by atoms with Gasteiger partial charge in [0.05, 0.1) is 23.0 Å².